The number of fused-ring (bicyclic) bond motifs is 1. The molecule has 4 rings (SSSR count). The number of nitrogens with zero attached hydrogens (tertiary/aromatic N) is 2. The van der Waals surface area contributed by atoms with Crippen molar-refractivity contribution in [1.29, 1.82) is 0 Å². The number of allylic oxidation sites excluding steroid dienone is 1. The molecule has 9 heteroatoms. The van der Waals surface area contributed by atoms with Gasteiger partial charge < -0.3 is 13.9 Å². The van der Waals surface area contributed by atoms with Crippen LogP contribution in [0.5, 0.6) is 5.75 Å². The first-order valence-corrected chi connectivity index (χ1v) is 11.1. The van der Waals surface area contributed by atoms with Crippen molar-refractivity contribution < 1.29 is 18.7 Å². The summed E-state index contributed by atoms with van der Waals surface area (Å²) in [5.74, 6) is 0.728. The van der Waals surface area contributed by atoms with E-state index < -0.39 is 12.0 Å². The highest BCUT2D eigenvalue weighted by atomic mass is 79.9. The van der Waals surface area contributed by atoms with E-state index in [1.165, 1.54) is 15.9 Å². The number of benzene rings is 1. The van der Waals surface area contributed by atoms with Crippen LogP contribution in [0, 0.1) is 0 Å². The number of carbonyl (C=O) groups excluding carboxylic acids is 1. The molecule has 0 aliphatic carbocycles. The Hall–Kier alpha value is -2.91. The average Bonchev–Trinajstić information content (AvgIpc) is 3.30. The normalized spacial score (nSPS) is 16.1. The highest BCUT2D eigenvalue weighted by Gasteiger charge is 2.33. The molecule has 1 aliphatic heterocycles. The van der Waals surface area contributed by atoms with E-state index in [1.54, 1.807) is 51.3 Å². The molecule has 0 amide bonds. The molecule has 1 atom stereocenters. The molecule has 2 aromatic heterocycles. The third kappa shape index (κ3) is 4.03. The molecule has 3 aromatic rings. The maximum Gasteiger partial charge on any atom is 0.338 e. The lowest BCUT2D eigenvalue weighted by molar-refractivity contribution is -0.139. The predicted octanol–water partition coefficient (Wildman–Crippen LogP) is 3.16. The molecule has 7 nitrogen and oxygen atoms in total. The summed E-state index contributed by atoms with van der Waals surface area (Å²) in [7, 11) is 1.58. The van der Waals surface area contributed by atoms with Gasteiger partial charge in [-0.05, 0) is 59.6 Å². The number of furan rings is 1. The largest absolute Gasteiger partial charge is 0.497 e. The lowest BCUT2D eigenvalue weighted by atomic mass is 9.96. The second kappa shape index (κ2) is 8.68. The van der Waals surface area contributed by atoms with E-state index in [0.29, 0.717) is 36.8 Å². The summed E-state index contributed by atoms with van der Waals surface area (Å²) in [5, 5.41) is 0. The third-order valence-corrected chi connectivity index (χ3v) is 6.23. The monoisotopic (exact) mass is 502 g/mol. The van der Waals surface area contributed by atoms with Crippen LogP contribution in [0.2, 0.25) is 0 Å². The second-order valence-corrected chi connectivity index (χ2v) is 8.51. The van der Waals surface area contributed by atoms with Crippen LogP contribution in [0.15, 0.2) is 66.5 Å². The van der Waals surface area contributed by atoms with E-state index in [2.05, 4.69) is 20.9 Å². The van der Waals surface area contributed by atoms with Crippen molar-refractivity contribution in [2.75, 3.05) is 13.7 Å². The van der Waals surface area contributed by atoms with Gasteiger partial charge in [-0.25, -0.2) is 9.79 Å². The molecule has 0 saturated heterocycles. The van der Waals surface area contributed by atoms with Gasteiger partial charge in [0.1, 0.15) is 11.5 Å². The SMILES string of the molecule is CCOC(=O)C1=C(C)N=c2s/c(=C\c3ccc(Br)o3)c(=O)n2[C@@H]1c1ccc(OC)cc1. The summed E-state index contributed by atoms with van der Waals surface area (Å²) in [6.45, 7) is 3.72. The van der Waals surface area contributed by atoms with Gasteiger partial charge in [0, 0.05) is 6.08 Å². The molecule has 0 saturated carbocycles. The van der Waals surface area contributed by atoms with Crippen molar-refractivity contribution in [3.8, 4) is 5.75 Å². The smallest absolute Gasteiger partial charge is 0.338 e. The molecular weight excluding hydrogens is 484 g/mol. The summed E-state index contributed by atoms with van der Waals surface area (Å²) < 4.78 is 18.6. The van der Waals surface area contributed by atoms with Crippen LogP contribution in [-0.2, 0) is 9.53 Å². The van der Waals surface area contributed by atoms with Gasteiger partial charge in [0.2, 0.25) is 0 Å². The first-order chi connectivity index (χ1) is 14.9. The van der Waals surface area contributed by atoms with Crippen LogP contribution in [0.1, 0.15) is 31.2 Å². The maximum absolute atomic E-state index is 13.4. The highest BCUT2D eigenvalue weighted by Crippen LogP contribution is 2.31. The average molecular weight is 503 g/mol. The Kier molecular flexibility index (Phi) is 5.97. The maximum atomic E-state index is 13.4. The van der Waals surface area contributed by atoms with Crippen molar-refractivity contribution in [3.63, 3.8) is 0 Å². The number of esters is 1. The van der Waals surface area contributed by atoms with Gasteiger partial charge in [-0.15, -0.1) is 0 Å². The predicted molar refractivity (Wildman–Crippen MR) is 120 cm³/mol. The van der Waals surface area contributed by atoms with Gasteiger partial charge in [0.05, 0.1) is 35.6 Å². The Balaban J connectivity index is 1.94. The minimum absolute atomic E-state index is 0.225. The number of ether oxygens (including phenoxy) is 2. The van der Waals surface area contributed by atoms with Crippen LogP contribution >= 0.6 is 27.3 Å². The molecule has 0 unspecified atom stereocenters. The van der Waals surface area contributed by atoms with E-state index in [4.69, 9.17) is 13.9 Å². The van der Waals surface area contributed by atoms with E-state index in [9.17, 15) is 9.59 Å². The van der Waals surface area contributed by atoms with Gasteiger partial charge in [-0.1, -0.05) is 23.5 Å². The first kappa shape index (κ1) is 21.3. The minimum Gasteiger partial charge on any atom is -0.497 e. The fraction of sp³-hybridized carbons (Fsp3) is 0.227. The van der Waals surface area contributed by atoms with Crippen LogP contribution in [0.4, 0.5) is 0 Å². The Labute approximate surface area is 190 Å². The van der Waals surface area contributed by atoms with Gasteiger partial charge >= 0.3 is 5.97 Å². The van der Waals surface area contributed by atoms with Gasteiger partial charge in [0.15, 0.2) is 9.47 Å². The number of thiazole rings is 1. The van der Waals surface area contributed by atoms with E-state index in [1.807, 2.05) is 12.1 Å². The van der Waals surface area contributed by atoms with Crippen LogP contribution in [0.3, 0.4) is 0 Å². The molecule has 0 spiro atoms. The molecule has 160 valence electrons. The Morgan fingerprint density at radius 2 is 2.03 bits per heavy atom. The van der Waals surface area contributed by atoms with Crippen molar-refractivity contribution in [2.45, 2.75) is 19.9 Å². The molecule has 0 radical (unpaired) electrons. The molecular formula is C22H19BrN2O5S. The summed E-state index contributed by atoms with van der Waals surface area (Å²) in [4.78, 5) is 31.3. The number of hydrogen-bond acceptors (Lipinski definition) is 7. The van der Waals surface area contributed by atoms with Crippen LogP contribution < -0.4 is 19.6 Å². The zero-order valence-electron chi connectivity index (χ0n) is 17.0. The minimum atomic E-state index is -0.660. The summed E-state index contributed by atoms with van der Waals surface area (Å²) in [5.41, 5.74) is 1.36. The molecule has 1 aromatic carbocycles. The zero-order valence-corrected chi connectivity index (χ0v) is 19.5. The summed E-state index contributed by atoms with van der Waals surface area (Å²) >= 11 is 4.51. The van der Waals surface area contributed by atoms with E-state index in [0.717, 1.165) is 5.56 Å². The van der Waals surface area contributed by atoms with Crippen LogP contribution in [-0.4, -0.2) is 24.3 Å². The molecule has 0 fully saturated rings. The number of hydrogen-bond donors (Lipinski definition) is 0. The highest BCUT2D eigenvalue weighted by molar-refractivity contribution is 9.10. The fourth-order valence-electron chi connectivity index (χ4n) is 3.43. The standard InChI is InChI=1S/C22H19BrN2O5S/c1-4-29-21(27)18-12(2)24-22-25(19(18)13-5-7-14(28-3)8-6-13)20(26)16(31-22)11-15-9-10-17(23)30-15/h5-11,19H,4H2,1-3H3/b16-11-/t19-/m1/s1. The first-order valence-electron chi connectivity index (χ1n) is 9.52. The Bertz CT molecular complexity index is 1350. The quantitative estimate of drug-likeness (QED) is 0.500. The van der Waals surface area contributed by atoms with Crippen molar-refractivity contribution >= 4 is 39.3 Å². The van der Waals surface area contributed by atoms with Gasteiger partial charge in [-0.2, -0.15) is 0 Å². The van der Waals surface area contributed by atoms with Crippen molar-refractivity contribution in [2.24, 2.45) is 4.99 Å². The van der Waals surface area contributed by atoms with Gasteiger partial charge in [-0.3, -0.25) is 9.36 Å². The van der Waals surface area contributed by atoms with Gasteiger partial charge in [0.25, 0.3) is 5.56 Å². The fourth-order valence-corrected chi connectivity index (χ4v) is 4.77. The topological polar surface area (TPSA) is 83.0 Å². The molecule has 31 heavy (non-hydrogen) atoms. The van der Waals surface area contributed by atoms with Crippen molar-refractivity contribution in [3.05, 3.63) is 83.3 Å². The molecule has 1 aliphatic rings. The zero-order chi connectivity index (χ0) is 22.1. The molecule has 0 bridgehead atoms. The lowest BCUT2D eigenvalue weighted by Gasteiger charge is -2.24. The number of methoxy groups -OCH3 is 1. The van der Waals surface area contributed by atoms with Crippen molar-refractivity contribution in [1.82, 2.24) is 4.57 Å². The Morgan fingerprint density at radius 1 is 1.29 bits per heavy atom. The summed E-state index contributed by atoms with van der Waals surface area (Å²) in [6, 6.07) is 10.1. The molecule has 3 heterocycles. The number of rotatable bonds is 5. The van der Waals surface area contributed by atoms with E-state index >= 15 is 0 Å². The van der Waals surface area contributed by atoms with Crippen LogP contribution in [0.25, 0.3) is 6.08 Å². The third-order valence-electron chi connectivity index (χ3n) is 4.82. The second-order valence-electron chi connectivity index (χ2n) is 6.72. The Morgan fingerprint density at radius 3 is 2.65 bits per heavy atom. The number of halogens is 1. The number of carbonyl (C=O) groups is 1. The lowest BCUT2D eigenvalue weighted by Crippen LogP contribution is -2.39. The molecule has 0 N–H and O–H groups in total. The summed E-state index contributed by atoms with van der Waals surface area (Å²) in [6.07, 6.45) is 1.67. The van der Waals surface area contributed by atoms with E-state index in [-0.39, 0.29) is 12.2 Å². The number of aromatic nitrogens is 1.